The molecule has 5 nitrogen and oxygen atoms in total. The monoisotopic (exact) mass is 324 g/mol. The molecule has 1 aromatic carbocycles. The smallest absolute Gasteiger partial charge is 0.243 e. The minimum Gasteiger partial charge on any atom is -0.383 e. The summed E-state index contributed by atoms with van der Waals surface area (Å²) >= 11 is 5.86. The molecule has 8 heteroatoms. The topological polar surface area (TPSA) is 67.4 Å². The van der Waals surface area contributed by atoms with Crippen molar-refractivity contribution in [2.75, 3.05) is 26.8 Å². The predicted octanol–water partition coefficient (Wildman–Crippen LogP) is 1.51. The first-order chi connectivity index (χ1) is 9.42. The van der Waals surface area contributed by atoms with Gasteiger partial charge in [-0.25, -0.2) is 17.5 Å². The number of hydrogen-bond donors (Lipinski definition) is 2. The van der Waals surface area contributed by atoms with E-state index in [0.29, 0.717) is 6.54 Å². The fraction of sp³-hybridized carbons (Fsp3) is 0.500. The van der Waals surface area contributed by atoms with Crippen LogP contribution >= 0.6 is 11.6 Å². The van der Waals surface area contributed by atoms with E-state index in [2.05, 4.69) is 10.0 Å². The lowest BCUT2D eigenvalue weighted by Crippen LogP contribution is -2.28. The summed E-state index contributed by atoms with van der Waals surface area (Å²) in [5, 5.41) is 3.10. The van der Waals surface area contributed by atoms with Gasteiger partial charge in [0.1, 0.15) is 10.7 Å². The van der Waals surface area contributed by atoms with E-state index in [1.165, 1.54) is 13.2 Å². The summed E-state index contributed by atoms with van der Waals surface area (Å²) < 4.78 is 45.3. The highest BCUT2D eigenvalue weighted by Gasteiger charge is 2.22. The van der Waals surface area contributed by atoms with Crippen molar-refractivity contribution in [3.05, 3.63) is 28.5 Å². The molecule has 0 bridgehead atoms. The van der Waals surface area contributed by atoms with Gasteiger partial charge in [0.25, 0.3) is 0 Å². The van der Waals surface area contributed by atoms with Crippen molar-refractivity contribution in [2.24, 2.45) is 0 Å². The van der Waals surface area contributed by atoms with Crippen LogP contribution in [-0.2, 0) is 21.3 Å². The van der Waals surface area contributed by atoms with Crippen LogP contribution in [0.1, 0.15) is 12.5 Å². The van der Waals surface area contributed by atoms with Gasteiger partial charge in [0.15, 0.2) is 0 Å². The molecule has 1 aromatic rings. The lowest BCUT2D eigenvalue weighted by molar-refractivity contribution is 0.204. The van der Waals surface area contributed by atoms with Crippen LogP contribution in [-0.4, -0.2) is 35.2 Å². The Hall–Kier alpha value is -0.730. The van der Waals surface area contributed by atoms with Gasteiger partial charge in [0, 0.05) is 30.8 Å². The van der Waals surface area contributed by atoms with Crippen LogP contribution in [0.5, 0.6) is 0 Å². The summed E-state index contributed by atoms with van der Waals surface area (Å²) in [5.41, 5.74) is 0.214. The minimum atomic E-state index is -3.95. The summed E-state index contributed by atoms with van der Waals surface area (Å²) in [6.07, 6.45) is 0. The molecule has 0 aliphatic rings. The van der Waals surface area contributed by atoms with Crippen LogP contribution in [0.25, 0.3) is 0 Å². The van der Waals surface area contributed by atoms with Crippen molar-refractivity contribution < 1.29 is 17.5 Å². The molecule has 0 saturated carbocycles. The van der Waals surface area contributed by atoms with E-state index < -0.39 is 20.7 Å². The van der Waals surface area contributed by atoms with Crippen LogP contribution in [0.2, 0.25) is 5.02 Å². The number of halogens is 2. The zero-order valence-electron chi connectivity index (χ0n) is 11.4. The second-order valence-electron chi connectivity index (χ2n) is 4.05. The van der Waals surface area contributed by atoms with E-state index in [1.54, 1.807) is 0 Å². The molecular formula is C12H18ClFN2O3S. The van der Waals surface area contributed by atoms with Gasteiger partial charge in [-0.2, -0.15) is 0 Å². The van der Waals surface area contributed by atoms with Crippen LogP contribution in [0.4, 0.5) is 4.39 Å². The molecule has 1 rings (SSSR count). The number of ether oxygens (including phenoxy) is 1. The summed E-state index contributed by atoms with van der Waals surface area (Å²) in [7, 11) is -2.50. The van der Waals surface area contributed by atoms with E-state index in [4.69, 9.17) is 16.3 Å². The maximum atomic E-state index is 14.2. The average molecular weight is 325 g/mol. The highest BCUT2D eigenvalue weighted by Crippen LogP contribution is 2.23. The van der Waals surface area contributed by atoms with Gasteiger partial charge in [-0.15, -0.1) is 0 Å². The molecule has 0 aromatic heterocycles. The SMILES string of the molecule is CCNCc1cc(Cl)cc(S(=O)(=O)NCCOC)c1F. The molecule has 0 fully saturated rings. The molecule has 0 radical (unpaired) electrons. The van der Waals surface area contributed by atoms with Gasteiger partial charge >= 0.3 is 0 Å². The van der Waals surface area contributed by atoms with Crippen molar-refractivity contribution in [3.8, 4) is 0 Å². The first-order valence-electron chi connectivity index (χ1n) is 6.09. The molecule has 0 saturated heterocycles. The van der Waals surface area contributed by atoms with Crippen LogP contribution in [0.15, 0.2) is 17.0 Å². The molecule has 2 N–H and O–H groups in total. The van der Waals surface area contributed by atoms with Crippen molar-refractivity contribution in [1.82, 2.24) is 10.0 Å². The number of benzene rings is 1. The van der Waals surface area contributed by atoms with Crippen molar-refractivity contribution in [1.29, 1.82) is 0 Å². The first kappa shape index (κ1) is 17.3. The number of nitrogens with one attached hydrogen (secondary N) is 2. The van der Waals surface area contributed by atoms with Gasteiger partial charge < -0.3 is 10.1 Å². The number of rotatable bonds is 8. The van der Waals surface area contributed by atoms with E-state index in [9.17, 15) is 12.8 Å². The van der Waals surface area contributed by atoms with Gasteiger partial charge in [-0.1, -0.05) is 18.5 Å². The molecule has 20 heavy (non-hydrogen) atoms. The first-order valence-corrected chi connectivity index (χ1v) is 7.95. The standard InChI is InChI=1S/C12H18ClFN2O3S/c1-3-15-8-9-6-10(13)7-11(12(9)14)20(17,18)16-4-5-19-2/h6-7,15-16H,3-5,8H2,1-2H3. The third kappa shape index (κ3) is 4.68. The Kier molecular flexibility index (Phi) is 6.84. The third-order valence-corrected chi connectivity index (χ3v) is 4.21. The Balaban J connectivity index is 3.07. The largest absolute Gasteiger partial charge is 0.383 e. The number of sulfonamides is 1. The quantitative estimate of drug-likeness (QED) is 0.711. The van der Waals surface area contributed by atoms with E-state index >= 15 is 0 Å². The lowest BCUT2D eigenvalue weighted by Gasteiger charge is -2.11. The van der Waals surface area contributed by atoms with E-state index in [0.717, 1.165) is 6.07 Å². The zero-order chi connectivity index (χ0) is 15.2. The second kappa shape index (κ2) is 7.90. The Morgan fingerprint density at radius 3 is 2.70 bits per heavy atom. The predicted molar refractivity (Wildman–Crippen MR) is 75.9 cm³/mol. The van der Waals surface area contributed by atoms with Crippen molar-refractivity contribution in [2.45, 2.75) is 18.4 Å². The van der Waals surface area contributed by atoms with Crippen LogP contribution < -0.4 is 10.0 Å². The van der Waals surface area contributed by atoms with E-state index in [-0.39, 0.29) is 30.3 Å². The van der Waals surface area contributed by atoms with Gasteiger partial charge in [0.05, 0.1) is 6.61 Å². The average Bonchev–Trinajstić information content (AvgIpc) is 2.39. The number of hydrogen-bond acceptors (Lipinski definition) is 4. The number of methoxy groups -OCH3 is 1. The Morgan fingerprint density at radius 2 is 2.10 bits per heavy atom. The molecular weight excluding hydrogens is 307 g/mol. The normalized spacial score (nSPS) is 11.8. The van der Waals surface area contributed by atoms with Gasteiger partial charge in [-0.3, -0.25) is 0 Å². The summed E-state index contributed by atoms with van der Waals surface area (Å²) in [5.74, 6) is -0.791. The lowest BCUT2D eigenvalue weighted by atomic mass is 10.2. The molecule has 0 aliphatic carbocycles. The summed E-state index contributed by atoms with van der Waals surface area (Å²) in [6.45, 7) is 2.98. The van der Waals surface area contributed by atoms with Crippen LogP contribution in [0, 0.1) is 5.82 Å². The second-order valence-corrected chi connectivity index (χ2v) is 6.22. The minimum absolute atomic E-state index is 0.0628. The maximum Gasteiger partial charge on any atom is 0.243 e. The third-order valence-electron chi connectivity index (χ3n) is 2.53. The van der Waals surface area contributed by atoms with Gasteiger partial charge in [-0.05, 0) is 18.7 Å². The molecule has 0 unspecified atom stereocenters. The fourth-order valence-corrected chi connectivity index (χ4v) is 3.02. The maximum absolute atomic E-state index is 14.2. The molecule has 0 atom stereocenters. The van der Waals surface area contributed by atoms with Crippen molar-refractivity contribution in [3.63, 3.8) is 0 Å². The molecule has 114 valence electrons. The molecule has 0 amide bonds. The highest BCUT2D eigenvalue weighted by atomic mass is 35.5. The Bertz CT molecular complexity index is 552. The van der Waals surface area contributed by atoms with Crippen LogP contribution in [0.3, 0.4) is 0 Å². The van der Waals surface area contributed by atoms with Gasteiger partial charge in [0.2, 0.25) is 10.0 Å². The molecule has 0 spiro atoms. The summed E-state index contributed by atoms with van der Waals surface area (Å²) in [4.78, 5) is -0.450. The Morgan fingerprint density at radius 1 is 1.40 bits per heavy atom. The van der Waals surface area contributed by atoms with E-state index in [1.807, 2.05) is 6.92 Å². The zero-order valence-corrected chi connectivity index (χ0v) is 12.9. The molecule has 0 aliphatic heterocycles. The summed E-state index contributed by atoms with van der Waals surface area (Å²) in [6, 6.07) is 2.51. The molecule has 0 heterocycles. The fourth-order valence-electron chi connectivity index (χ4n) is 1.56. The van der Waals surface area contributed by atoms with Crippen molar-refractivity contribution >= 4 is 21.6 Å². The Labute approximate surface area is 123 Å². The highest BCUT2D eigenvalue weighted by molar-refractivity contribution is 7.89.